The van der Waals surface area contributed by atoms with Gasteiger partial charge in [0.2, 0.25) is 0 Å². The van der Waals surface area contributed by atoms with Gasteiger partial charge in [0.05, 0.1) is 6.10 Å². The van der Waals surface area contributed by atoms with Gasteiger partial charge in [-0.05, 0) is 69.1 Å². The number of fused-ring (bicyclic) bond motifs is 1. The summed E-state index contributed by atoms with van der Waals surface area (Å²) in [6, 6.07) is 0. The summed E-state index contributed by atoms with van der Waals surface area (Å²) in [7, 11) is 0. The van der Waals surface area contributed by atoms with E-state index in [4.69, 9.17) is 0 Å². The summed E-state index contributed by atoms with van der Waals surface area (Å²) < 4.78 is 0. The smallest absolute Gasteiger partial charge is 0.135 e. The first-order valence-electron chi connectivity index (χ1n) is 10.8. The second-order valence-electron chi connectivity index (χ2n) is 8.97. The number of hydrogen-bond donors (Lipinski definition) is 1. The van der Waals surface area contributed by atoms with Gasteiger partial charge < -0.3 is 9.90 Å². The quantitative estimate of drug-likeness (QED) is 0.679. The highest BCUT2D eigenvalue weighted by molar-refractivity contribution is 5.81. The molecule has 0 aliphatic heterocycles. The van der Waals surface area contributed by atoms with E-state index < -0.39 is 0 Å². The second kappa shape index (κ2) is 9.30. The molecular weight excluding hydrogens is 312 g/mol. The Labute approximate surface area is 153 Å². The Bertz CT molecular complexity index is 437. The molecule has 0 amide bonds. The molecule has 0 aromatic carbocycles. The van der Waals surface area contributed by atoms with E-state index in [-0.39, 0.29) is 17.9 Å². The Morgan fingerprint density at radius 1 is 0.960 bits per heavy atom. The van der Waals surface area contributed by atoms with Gasteiger partial charge in [-0.25, -0.2) is 0 Å². The van der Waals surface area contributed by atoms with Crippen LogP contribution in [0.4, 0.5) is 0 Å². The molecule has 3 aliphatic carbocycles. The van der Waals surface area contributed by atoms with Gasteiger partial charge in [-0.2, -0.15) is 0 Å². The predicted molar refractivity (Wildman–Crippen MR) is 99.2 cm³/mol. The number of carbonyl (C=O) groups excluding carboxylic acids is 2. The lowest BCUT2D eigenvalue weighted by molar-refractivity contribution is -0.125. The molecule has 3 aliphatic rings. The summed E-state index contributed by atoms with van der Waals surface area (Å²) in [6.07, 6.45) is 16.0. The highest BCUT2D eigenvalue weighted by atomic mass is 16.3. The van der Waals surface area contributed by atoms with E-state index in [1.807, 2.05) is 0 Å². The molecule has 0 radical (unpaired) electrons. The van der Waals surface area contributed by atoms with Crippen molar-refractivity contribution in [1.82, 2.24) is 0 Å². The fraction of sp³-hybridized carbons (Fsp3) is 0.909. The number of aliphatic hydroxyl groups excluding tert-OH is 1. The summed E-state index contributed by atoms with van der Waals surface area (Å²) in [6.45, 7) is 0. The van der Waals surface area contributed by atoms with Crippen LogP contribution in [0, 0.1) is 29.6 Å². The van der Waals surface area contributed by atoms with Gasteiger partial charge in [-0.15, -0.1) is 0 Å². The third-order valence-corrected chi connectivity index (χ3v) is 7.47. The van der Waals surface area contributed by atoms with Crippen molar-refractivity contribution in [2.45, 2.75) is 96.0 Å². The van der Waals surface area contributed by atoms with Gasteiger partial charge in [0.25, 0.3) is 0 Å². The molecule has 3 saturated carbocycles. The topological polar surface area (TPSA) is 54.4 Å². The van der Waals surface area contributed by atoms with Gasteiger partial charge in [0.15, 0.2) is 0 Å². The molecule has 3 rings (SSSR count). The van der Waals surface area contributed by atoms with Gasteiger partial charge in [-0.3, -0.25) is 4.79 Å². The first-order valence-corrected chi connectivity index (χ1v) is 10.8. The highest BCUT2D eigenvalue weighted by Crippen LogP contribution is 2.47. The molecule has 0 heterocycles. The van der Waals surface area contributed by atoms with Crippen LogP contribution in [0.15, 0.2) is 0 Å². The average molecular weight is 349 g/mol. The summed E-state index contributed by atoms with van der Waals surface area (Å²) in [5.41, 5.74) is 0. The average Bonchev–Trinajstić information content (AvgIpc) is 2.65. The van der Waals surface area contributed by atoms with Crippen LogP contribution in [0.5, 0.6) is 0 Å². The molecule has 1 N–H and O–H groups in total. The molecule has 0 spiro atoms. The molecule has 4 unspecified atom stereocenters. The third kappa shape index (κ3) is 4.93. The fourth-order valence-corrected chi connectivity index (χ4v) is 6.02. The van der Waals surface area contributed by atoms with Crippen molar-refractivity contribution in [3.63, 3.8) is 0 Å². The van der Waals surface area contributed by atoms with E-state index >= 15 is 0 Å². The van der Waals surface area contributed by atoms with E-state index in [9.17, 15) is 14.7 Å². The van der Waals surface area contributed by atoms with Gasteiger partial charge >= 0.3 is 0 Å². The largest absolute Gasteiger partial charge is 0.393 e. The van der Waals surface area contributed by atoms with Crippen LogP contribution < -0.4 is 0 Å². The lowest BCUT2D eigenvalue weighted by Crippen LogP contribution is -2.36. The maximum Gasteiger partial charge on any atom is 0.135 e. The predicted octanol–water partition coefficient (Wildman–Crippen LogP) is 4.70. The van der Waals surface area contributed by atoms with Crippen LogP contribution in [-0.2, 0) is 9.59 Å². The minimum atomic E-state index is -0.196. The van der Waals surface area contributed by atoms with Crippen LogP contribution >= 0.6 is 0 Å². The second-order valence-corrected chi connectivity index (χ2v) is 8.97. The molecule has 3 fully saturated rings. The molecule has 0 saturated heterocycles. The number of carbonyl (C=O) groups is 2. The van der Waals surface area contributed by atoms with E-state index in [0.717, 1.165) is 50.4 Å². The Morgan fingerprint density at radius 3 is 2.44 bits per heavy atom. The Hall–Kier alpha value is -0.700. The standard InChI is InChI=1S/C22H36O3/c23-15-18(21-9-3-6-16-5-1-2-8-20(16)21)7-4-10-22(25)17-11-13-19(24)14-12-17/h15-21,24H,1-14H2. The van der Waals surface area contributed by atoms with E-state index in [2.05, 4.69) is 0 Å². The van der Waals surface area contributed by atoms with Crippen LogP contribution in [0.25, 0.3) is 0 Å². The van der Waals surface area contributed by atoms with Crippen molar-refractivity contribution in [2.24, 2.45) is 29.6 Å². The Balaban J connectivity index is 1.45. The van der Waals surface area contributed by atoms with Crippen molar-refractivity contribution in [3.05, 3.63) is 0 Å². The van der Waals surface area contributed by atoms with Crippen LogP contribution in [-0.4, -0.2) is 23.3 Å². The first-order chi connectivity index (χ1) is 12.2. The van der Waals surface area contributed by atoms with E-state index in [1.165, 1.54) is 51.2 Å². The van der Waals surface area contributed by atoms with Crippen molar-refractivity contribution in [3.8, 4) is 0 Å². The molecule has 0 bridgehead atoms. The molecule has 3 nitrogen and oxygen atoms in total. The maximum atomic E-state index is 12.4. The fourth-order valence-electron chi connectivity index (χ4n) is 6.02. The first kappa shape index (κ1) is 19.1. The maximum absolute atomic E-state index is 12.4. The van der Waals surface area contributed by atoms with Crippen LogP contribution in [0.3, 0.4) is 0 Å². The molecule has 25 heavy (non-hydrogen) atoms. The van der Waals surface area contributed by atoms with Crippen molar-refractivity contribution in [1.29, 1.82) is 0 Å². The zero-order valence-corrected chi connectivity index (χ0v) is 15.7. The van der Waals surface area contributed by atoms with E-state index in [0.29, 0.717) is 18.1 Å². The van der Waals surface area contributed by atoms with Gasteiger partial charge in [0, 0.05) is 18.3 Å². The normalized spacial score (nSPS) is 37.1. The number of aldehydes is 1. The lowest BCUT2D eigenvalue weighted by atomic mass is 9.61. The van der Waals surface area contributed by atoms with Gasteiger partial charge in [0.1, 0.15) is 12.1 Å². The van der Waals surface area contributed by atoms with Crippen molar-refractivity contribution >= 4 is 12.1 Å². The summed E-state index contributed by atoms with van der Waals surface area (Å²) in [5, 5.41) is 9.58. The SMILES string of the molecule is O=CC(CCCC(=O)C1CCC(O)CC1)C1CCCC2CCCCC21. The molecular formula is C22H36O3. The number of hydrogen-bond acceptors (Lipinski definition) is 3. The molecule has 142 valence electrons. The van der Waals surface area contributed by atoms with Crippen LogP contribution in [0.1, 0.15) is 89.9 Å². The van der Waals surface area contributed by atoms with Crippen molar-refractivity contribution < 1.29 is 14.7 Å². The summed E-state index contributed by atoms with van der Waals surface area (Å²) >= 11 is 0. The van der Waals surface area contributed by atoms with Gasteiger partial charge in [-0.1, -0.05) is 32.1 Å². The summed E-state index contributed by atoms with van der Waals surface area (Å²) in [4.78, 5) is 24.2. The molecule has 0 aromatic heterocycles. The highest BCUT2D eigenvalue weighted by Gasteiger charge is 2.38. The number of Topliss-reactive ketones (excluding diaryl/α,β-unsaturated/α-hetero) is 1. The number of aliphatic hydroxyl groups is 1. The molecule has 3 heteroatoms. The lowest BCUT2D eigenvalue weighted by Gasteiger charge is -2.43. The monoisotopic (exact) mass is 348 g/mol. The zero-order chi connectivity index (χ0) is 17.6. The number of rotatable bonds is 7. The molecule has 0 aromatic rings. The van der Waals surface area contributed by atoms with E-state index in [1.54, 1.807) is 0 Å². The minimum absolute atomic E-state index is 0.162. The Kier molecular flexibility index (Phi) is 7.09. The summed E-state index contributed by atoms with van der Waals surface area (Å²) in [5.74, 6) is 2.92. The minimum Gasteiger partial charge on any atom is -0.393 e. The zero-order valence-electron chi connectivity index (χ0n) is 15.7. The molecule has 4 atom stereocenters. The van der Waals surface area contributed by atoms with Crippen molar-refractivity contribution in [2.75, 3.05) is 0 Å². The van der Waals surface area contributed by atoms with Crippen LogP contribution in [0.2, 0.25) is 0 Å². The number of ketones is 1. The third-order valence-electron chi connectivity index (χ3n) is 7.47. The Morgan fingerprint density at radius 2 is 1.68 bits per heavy atom.